The van der Waals surface area contributed by atoms with E-state index in [1.807, 2.05) is 12.4 Å². The Morgan fingerprint density at radius 3 is 2.83 bits per heavy atom. The van der Waals surface area contributed by atoms with Crippen molar-refractivity contribution in [3.05, 3.63) is 30.2 Å². The van der Waals surface area contributed by atoms with Crippen molar-refractivity contribution in [1.29, 1.82) is 0 Å². The molecule has 0 radical (unpaired) electrons. The van der Waals surface area contributed by atoms with Gasteiger partial charge in [0.25, 0.3) is 0 Å². The van der Waals surface area contributed by atoms with Crippen molar-refractivity contribution in [1.82, 2.24) is 9.55 Å². The van der Waals surface area contributed by atoms with Gasteiger partial charge in [0.05, 0.1) is 11.7 Å². The van der Waals surface area contributed by atoms with Crippen molar-refractivity contribution >= 4 is 10.9 Å². The predicted molar refractivity (Wildman–Crippen MR) is 74.5 cm³/mol. The highest BCUT2D eigenvalue weighted by Gasteiger charge is 2.34. The van der Waals surface area contributed by atoms with Crippen LogP contribution in [0.1, 0.15) is 37.7 Å². The minimum atomic E-state index is 0.194. The van der Waals surface area contributed by atoms with Gasteiger partial charge in [0.15, 0.2) is 0 Å². The second kappa shape index (κ2) is 4.39. The fourth-order valence-electron chi connectivity index (χ4n) is 3.46. The van der Waals surface area contributed by atoms with Gasteiger partial charge < -0.3 is 10.3 Å². The van der Waals surface area contributed by atoms with Crippen LogP contribution in [0.5, 0.6) is 0 Å². The van der Waals surface area contributed by atoms with Gasteiger partial charge in [-0.25, -0.2) is 0 Å². The maximum Gasteiger partial charge on any atom is 0.0667 e. The zero-order valence-electron chi connectivity index (χ0n) is 11.0. The van der Waals surface area contributed by atoms with Crippen molar-refractivity contribution in [2.75, 3.05) is 6.54 Å². The first-order valence-electron chi connectivity index (χ1n) is 6.86. The number of nitrogens with two attached hydrogens (primary N) is 1. The Hall–Kier alpha value is -1.35. The highest BCUT2D eigenvalue weighted by Crippen LogP contribution is 2.41. The molecule has 0 unspecified atom stereocenters. The Morgan fingerprint density at radius 1 is 1.33 bits per heavy atom. The molecule has 2 heterocycles. The Kier molecular flexibility index (Phi) is 2.86. The zero-order valence-corrected chi connectivity index (χ0v) is 11.0. The highest BCUT2D eigenvalue weighted by molar-refractivity contribution is 5.84. The molecule has 0 amide bonds. The standard InChI is InChI=1S/C15H21N3/c1-18-10-13(12-5-8-17-9-14(12)18)15(11-16)6-3-2-4-7-15/h5,8-10H,2-4,6-7,11,16H2,1H3. The summed E-state index contributed by atoms with van der Waals surface area (Å²) in [6.45, 7) is 0.758. The van der Waals surface area contributed by atoms with Gasteiger partial charge in [-0.15, -0.1) is 0 Å². The topological polar surface area (TPSA) is 43.8 Å². The number of rotatable bonds is 2. The number of hydrogen-bond donors (Lipinski definition) is 1. The number of nitrogens with zero attached hydrogens (tertiary/aromatic N) is 2. The average Bonchev–Trinajstić information content (AvgIpc) is 2.78. The molecular formula is C15H21N3. The molecule has 2 aromatic rings. The van der Waals surface area contributed by atoms with E-state index in [1.54, 1.807) is 0 Å². The molecule has 2 aromatic heterocycles. The summed E-state index contributed by atoms with van der Waals surface area (Å²) < 4.78 is 2.18. The monoisotopic (exact) mass is 243 g/mol. The van der Waals surface area contributed by atoms with Crippen LogP contribution in [-0.2, 0) is 12.5 Å². The number of hydrogen-bond acceptors (Lipinski definition) is 2. The smallest absolute Gasteiger partial charge is 0.0667 e. The van der Waals surface area contributed by atoms with E-state index < -0.39 is 0 Å². The third kappa shape index (κ3) is 1.65. The van der Waals surface area contributed by atoms with E-state index in [0.29, 0.717) is 0 Å². The molecular weight excluding hydrogens is 222 g/mol. The third-order valence-corrected chi connectivity index (χ3v) is 4.57. The molecule has 1 fully saturated rings. The molecule has 18 heavy (non-hydrogen) atoms. The Labute approximate surface area is 108 Å². The van der Waals surface area contributed by atoms with Gasteiger partial charge in [-0.1, -0.05) is 19.3 Å². The molecule has 3 heteroatoms. The van der Waals surface area contributed by atoms with Gasteiger partial charge in [0, 0.05) is 36.8 Å². The van der Waals surface area contributed by atoms with Crippen molar-refractivity contribution in [2.45, 2.75) is 37.5 Å². The number of aromatic nitrogens is 2. The molecule has 3 rings (SSSR count). The van der Waals surface area contributed by atoms with Gasteiger partial charge in [-0.3, -0.25) is 4.98 Å². The molecule has 0 bridgehead atoms. The van der Waals surface area contributed by atoms with E-state index in [0.717, 1.165) is 6.54 Å². The fraction of sp³-hybridized carbons (Fsp3) is 0.533. The SMILES string of the molecule is Cn1cc(C2(CN)CCCCC2)c2ccncc21. The second-order valence-corrected chi connectivity index (χ2v) is 5.59. The lowest BCUT2D eigenvalue weighted by Gasteiger charge is -2.36. The lowest BCUT2D eigenvalue weighted by Crippen LogP contribution is -2.37. The number of aryl methyl sites for hydroxylation is 1. The molecule has 3 nitrogen and oxygen atoms in total. The quantitative estimate of drug-likeness (QED) is 0.881. The summed E-state index contributed by atoms with van der Waals surface area (Å²) in [4.78, 5) is 4.23. The summed E-state index contributed by atoms with van der Waals surface area (Å²) >= 11 is 0. The van der Waals surface area contributed by atoms with Crippen LogP contribution < -0.4 is 5.73 Å². The Balaban J connectivity index is 2.18. The van der Waals surface area contributed by atoms with Crippen LogP contribution in [0.3, 0.4) is 0 Å². The molecule has 0 aromatic carbocycles. The summed E-state index contributed by atoms with van der Waals surface area (Å²) in [6, 6.07) is 2.14. The minimum absolute atomic E-state index is 0.194. The summed E-state index contributed by atoms with van der Waals surface area (Å²) in [5, 5.41) is 1.33. The maximum absolute atomic E-state index is 6.15. The van der Waals surface area contributed by atoms with Crippen LogP contribution in [-0.4, -0.2) is 16.1 Å². The molecule has 1 aliphatic carbocycles. The van der Waals surface area contributed by atoms with Gasteiger partial charge >= 0.3 is 0 Å². The van der Waals surface area contributed by atoms with Crippen molar-refractivity contribution in [2.24, 2.45) is 12.8 Å². The molecule has 0 spiro atoms. The van der Waals surface area contributed by atoms with E-state index in [4.69, 9.17) is 5.73 Å². The number of pyridine rings is 1. The van der Waals surface area contributed by atoms with E-state index in [2.05, 4.69) is 28.9 Å². The van der Waals surface area contributed by atoms with Gasteiger partial charge in [-0.2, -0.15) is 0 Å². The minimum Gasteiger partial charge on any atom is -0.349 e. The molecule has 1 aliphatic rings. The first-order chi connectivity index (χ1) is 8.77. The van der Waals surface area contributed by atoms with E-state index in [-0.39, 0.29) is 5.41 Å². The Morgan fingerprint density at radius 2 is 2.11 bits per heavy atom. The van der Waals surface area contributed by atoms with Crippen LogP contribution in [0.25, 0.3) is 10.9 Å². The van der Waals surface area contributed by atoms with Crippen molar-refractivity contribution in [3.8, 4) is 0 Å². The van der Waals surface area contributed by atoms with Gasteiger partial charge in [0.2, 0.25) is 0 Å². The van der Waals surface area contributed by atoms with E-state index in [9.17, 15) is 0 Å². The summed E-state index contributed by atoms with van der Waals surface area (Å²) in [5.74, 6) is 0. The van der Waals surface area contributed by atoms with Crippen LogP contribution in [0.15, 0.2) is 24.7 Å². The largest absolute Gasteiger partial charge is 0.349 e. The van der Waals surface area contributed by atoms with E-state index >= 15 is 0 Å². The molecule has 0 atom stereocenters. The normalized spacial score (nSPS) is 19.2. The highest BCUT2D eigenvalue weighted by atomic mass is 14.9. The second-order valence-electron chi connectivity index (χ2n) is 5.59. The fourth-order valence-corrected chi connectivity index (χ4v) is 3.46. The van der Waals surface area contributed by atoms with Crippen LogP contribution >= 0.6 is 0 Å². The number of fused-ring (bicyclic) bond motifs is 1. The maximum atomic E-state index is 6.15. The van der Waals surface area contributed by atoms with Crippen LogP contribution in [0.4, 0.5) is 0 Å². The van der Waals surface area contributed by atoms with Crippen LogP contribution in [0, 0.1) is 0 Å². The summed E-state index contributed by atoms with van der Waals surface area (Å²) in [5.41, 5.74) is 8.99. The molecule has 0 saturated heterocycles. The lowest BCUT2D eigenvalue weighted by atomic mass is 9.69. The summed E-state index contributed by atoms with van der Waals surface area (Å²) in [7, 11) is 2.10. The molecule has 0 aliphatic heterocycles. The molecule has 2 N–H and O–H groups in total. The Bertz CT molecular complexity index is 550. The zero-order chi connectivity index (χ0) is 12.6. The van der Waals surface area contributed by atoms with Gasteiger partial charge in [0.1, 0.15) is 0 Å². The summed E-state index contributed by atoms with van der Waals surface area (Å²) in [6.07, 6.45) is 12.5. The molecule has 96 valence electrons. The average molecular weight is 243 g/mol. The molecule has 1 saturated carbocycles. The third-order valence-electron chi connectivity index (χ3n) is 4.57. The first kappa shape index (κ1) is 11.7. The van der Waals surface area contributed by atoms with Crippen LogP contribution in [0.2, 0.25) is 0 Å². The van der Waals surface area contributed by atoms with Crippen molar-refractivity contribution in [3.63, 3.8) is 0 Å². The van der Waals surface area contributed by atoms with E-state index in [1.165, 1.54) is 48.6 Å². The van der Waals surface area contributed by atoms with Crippen molar-refractivity contribution < 1.29 is 0 Å². The predicted octanol–water partition coefficient (Wildman–Crippen LogP) is 2.73. The van der Waals surface area contributed by atoms with Gasteiger partial charge in [-0.05, 0) is 24.5 Å². The first-order valence-corrected chi connectivity index (χ1v) is 6.86. The lowest BCUT2D eigenvalue weighted by molar-refractivity contribution is 0.302.